The Bertz CT molecular complexity index is 387. The summed E-state index contributed by atoms with van der Waals surface area (Å²) in [6.07, 6.45) is -0.0323. The molecule has 0 fully saturated rings. The largest absolute Gasteiger partial charge is 0.276 e. The Morgan fingerprint density at radius 2 is 1.59 bits per heavy atom. The number of benzene rings is 1. The summed E-state index contributed by atoms with van der Waals surface area (Å²) in [4.78, 5) is 4.06. The standard InChI is InChI=1S/C11H18N5O/c1-13(2)11(14(3)4)15-9-7-5-6-8-10(9)16(17)12-15/h5-8,11-12H,1-4H3. The number of hydrogen-bond acceptors (Lipinski definition) is 5. The molecule has 17 heavy (non-hydrogen) atoms. The molecule has 0 aliphatic carbocycles. The molecule has 0 aromatic heterocycles. The molecule has 2 rings (SSSR count). The molecule has 6 nitrogen and oxygen atoms in total. The molecule has 1 radical (unpaired) electrons. The summed E-state index contributed by atoms with van der Waals surface area (Å²) < 4.78 is 0. The predicted octanol–water partition coefficient (Wildman–Crippen LogP) is 0.485. The van der Waals surface area contributed by atoms with Crippen molar-refractivity contribution in [3.8, 4) is 0 Å². The smallest absolute Gasteiger partial charge is 0.155 e. The Balaban J connectivity index is 2.35. The molecule has 1 aromatic carbocycles. The number of hydrogen-bond donors (Lipinski definition) is 1. The molecule has 1 aromatic rings. The Morgan fingerprint density at radius 1 is 1.06 bits per heavy atom. The maximum absolute atomic E-state index is 11.8. The molecule has 1 N–H and O–H groups in total. The number of rotatable bonds is 3. The monoisotopic (exact) mass is 236 g/mol. The van der Waals surface area contributed by atoms with Crippen molar-refractivity contribution in [2.45, 2.75) is 6.29 Å². The van der Waals surface area contributed by atoms with Gasteiger partial charge in [-0.25, -0.2) is 0 Å². The number of anilines is 2. The highest BCUT2D eigenvalue weighted by Gasteiger charge is 2.33. The van der Waals surface area contributed by atoms with Gasteiger partial charge in [0.25, 0.3) is 0 Å². The van der Waals surface area contributed by atoms with Gasteiger partial charge in [0.05, 0.1) is 5.69 Å². The van der Waals surface area contributed by atoms with E-state index in [-0.39, 0.29) is 6.29 Å². The summed E-state index contributed by atoms with van der Waals surface area (Å²) in [6.45, 7) is 0. The van der Waals surface area contributed by atoms with E-state index in [0.717, 1.165) is 10.9 Å². The van der Waals surface area contributed by atoms with Crippen molar-refractivity contribution in [1.82, 2.24) is 15.3 Å². The van der Waals surface area contributed by atoms with Crippen LogP contribution in [0.15, 0.2) is 24.3 Å². The van der Waals surface area contributed by atoms with Crippen molar-refractivity contribution in [1.29, 1.82) is 0 Å². The van der Waals surface area contributed by atoms with E-state index < -0.39 is 0 Å². The van der Waals surface area contributed by atoms with Crippen LogP contribution in [-0.2, 0) is 5.21 Å². The summed E-state index contributed by atoms with van der Waals surface area (Å²) >= 11 is 0. The minimum atomic E-state index is -0.0323. The zero-order chi connectivity index (χ0) is 12.6. The third-order valence-corrected chi connectivity index (χ3v) is 2.71. The van der Waals surface area contributed by atoms with Crippen molar-refractivity contribution < 1.29 is 5.21 Å². The fraction of sp³-hybridized carbons (Fsp3) is 0.455. The van der Waals surface area contributed by atoms with Crippen molar-refractivity contribution in [2.75, 3.05) is 38.4 Å². The highest BCUT2D eigenvalue weighted by Crippen LogP contribution is 2.33. The normalized spacial score (nSPS) is 15.3. The number of fused-ring (bicyclic) bond motifs is 1. The second kappa shape index (κ2) is 4.50. The molecule has 0 atom stereocenters. The first-order valence-corrected chi connectivity index (χ1v) is 5.47. The third-order valence-electron chi connectivity index (χ3n) is 2.71. The average Bonchev–Trinajstić information content (AvgIpc) is 2.56. The predicted molar refractivity (Wildman–Crippen MR) is 66.4 cm³/mol. The van der Waals surface area contributed by atoms with Crippen molar-refractivity contribution in [3.63, 3.8) is 0 Å². The van der Waals surface area contributed by atoms with Crippen LogP contribution in [0.25, 0.3) is 0 Å². The first-order chi connectivity index (χ1) is 8.02. The van der Waals surface area contributed by atoms with Crippen LogP contribution in [0.1, 0.15) is 0 Å². The molecule has 1 heterocycles. The van der Waals surface area contributed by atoms with Gasteiger partial charge in [-0.3, -0.25) is 14.8 Å². The van der Waals surface area contributed by atoms with Gasteiger partial charge in [-0.05, 0) is 40.3 Å². The van der Waals surface area contributed by atoms with E-state index in [4.69, 9.17) is 0 Å². The summed E-state index contributed by atoms with van der Waals surface area (Å²) in [6, 6.07) is 7.52. The molecule has 0 amide bonds. The summed E-state index contributed by atoms with van der Waals surface area (Å²) in [5, 5.41) is 14.4. The molecular formula is C11H18N5O. The molecule has 0 saturated carbocycles. The highest BCUT2D eigenvalue weighted by molar-refractivity contribution is 5.73. The van der Waals surface area contributed by atoms with E-state index in [9.17, 15) is 5.21 Å². The highest BCUT2D eigenvalue weighted by atomic mass is 16.6. The second-order valence-corrected chi connectivity index (χ2v) is 4.53. The van der Waals surface area contributed by atoms with Gasteiger partial charge in [-0.1, -0.05) is 17.3 Å². The lowest BCUT2D eigenvalue weighted by molar-refractivity contribution is 0.0794. The minimum Gasteiger partial charge on any atom is -0.276 e. The number of hydrazine groups is 2. The van der Waals surface area contributed by atoms with Crippen LogP contribution in [0.4, 0.5) is 11.4 Å². The maximum atomic E-state index is 11.8. The van der Waals surface area contributed by atoms with Crippen LogP contribution in [0.3, 0.4) is 0 Å². The molecule has 1 aliphatic heterocycles. The van der Waals surface area contributed by atoms with Crippen LogP contribution in [0.5, 0.6) is 0 Å². The quantitative estimate of drug-likeness (QED) is 0.774. The van der Waals surface area contributed by atoms with Crippen LogP contribution in [-0.4, -0.2) is 44.3 Å². The fourth-order valence-corrected chi connectivity index (χ4v) is 2.14. The second-order valence-electron chi connectivity index (χ2n) is 4.53. The lowest BCUT2D eigenvalue weighted by Crippen LogP contribution is -2.59. The van der Waals surface area contributed by atoms with Crippen LogP contribution >= 0.6 is 0 Å². The van der Waals surface area contributed by atoms with Crippen LogP contribution < -0.4 is 15.7 Å². The number of nitrogens with zero attached hydrogens (tertiary/aromatic N) is 4. The molecular weight excluding hydrogens is 218 g/mol. The van der Waals surface area contributed by atoms with E-state index in [0.29, 0.717) is 5.69 Å². The molecule has 1 aliphatic rings. The summed E-state index contributed by atoms with van der Waals surface area (Å²) in [5.74, 6) is 0. The maximum Gasteiger partial charge on any atom is 0.155 e. The molecule has 0 saturated heterocycles. The van der Waals surface area contributed by atoms with Crippen molar-refractivity contribution >= 4 is 11.4 Å². The zero-order valence-corrected chi connectivity index (χ0v) is 10.6. The SMILES string of the molecule is CN(C)C(N(C)C)N1NN([O])c2ccccc21. The Morgan fingerprint density at radius 3 is 2.12 bits per heavy atom. The fourth-order valence-electron chi connectivity index (χ4n) is 2.14. The Hall–Kier alpha value is -1.34. The molecule has 0 bridgehead atoms. The van der Waals surface area contributed by atoms with Gasteiger partial charge in [0.1, 0.15) is 5.69 Å². The van der Waals surface area contributed by atoms with Crippen molar-refractivity contribution in [3.05, 3.63) is 24.3 Å². The van der Waals surface area contributed by atoms with E-state index in [1.807, 2.05) is 61.2 Å². The average molecular weight is 236 g/mol. The molecule has 0 spiro atoms. The van der Waals surface area contributed by atoms with Gasteiger partial charge in [0.15, 0.2) is 6.29 Å². The van der Waals surface area contributed by atoms with Crippen LogP contribution in [0.2, 0.25) is 0 Å². The lowest BCUT2D eigenvalue weighted by Gasteiger charge is -2.38. The Kier molecular flexibility index (Phi) is 3.21. The van der Waals surface area contributed by atoms with Gasteiger partial charge in [-0.15, -0.1) is 10.7 Å². The minimum absolute atomic E-state index is 0.0323. The van der Waals surface area contributed by atoms with Gasteiger partial charge >= 0.3 is 0 Å². The Labute approximate surface area is 102 Å². The molecule has 6 heteroatoms. The first kappa shape index (κ1) is 12.1. The van der Waals surface area contributed by atoms with E-state index in [2.05, 4.69) is 5.53 Å². The van der Waals surface area contributed by atoms with E-state index in [1.54, 1.807) is 6.07 Å². The van der Waals surface area contributed by atoms with E-state index in [1.165, 1.54) is 0 Å². The lowest BCUT2D eigenvalue weighted by atomic mass is 10.2. The van der Waals surface area contributed by atoms with Crippen LogP contribution in [0, 0.1) is 0 Å². The number of nitrogens with one attached hydrogen (secondary N) is 1. The van der Waals surface area contributed by atoms with Gasteiger partial charge in [0.2, 0.25) is 0 Å². The van der Waals surface area contributed by atoms with E-state index >= 15 is 0 Å². The number of para-hydroxylation sites is 2. The third kappa shape index (κ3) is 2.07. The molecule has 93 valence electrons. The topological polar surface area (TPSA) is 44.9 Å². The van der Waals surface area contributed by atoms with Gasteiger partial charge < -0.3 is 0 Å². The summed E-state index contributed by atoms with van der Waals surface area (Å²) in [5.41, 5.74) is 4.33. The zero-order valence-electron chi connectivity index (χ0n) is 10.6. The van der Waals surface area contributed by atoms with Crippen molar-refractivity contribution in [2.24, 2.45) is 0 Å². The first-order valence-electron chi connectivity index (χ1n) is 5.47. The van der Waals surface area contributed by atoms with Gasteiger partial charge in [-0.2, -0.15) is 0 Å². The summed E-state index contributed by atoms with van der Waals surface area (Å²) in [7, 11) is 7.90. The van der Waals surface area contributed by atoms with Gasteiger partial charge in [0, 0.05) is 0 Å². The molecule has 0 unspecified atom stereocenters.